The molecule has 0 aliphatic heterocycles. The molecule has 0 unspecified atom stereocenters. The second-order valence-electron chi connectivity index (χ2n) is 5.17. The molecule has 0 aliphatic carbocycles. The van der Waals surface area contributed by atoms with E-state index in [0.717, 1.165) is 28.0 Å². The molecule has 0 fully saturated rings. The van der Waals surface area contributed by atoms with Crippen molar-refractivity contribution in [1.82, 2.24) is 9.97 Å². The number of ether oxygens (including phenoxy) is 3. The van der Waals surface area contributed by atoms with Gasteiger partial charge in [0.15, 0.2) is 11.5 Å². The molecule has 2 heterocycles. The summed E-state index contributed by atoms with van der Waals surface area (Å²) in [7, 11) is 3.21. The minimum atomic E-state index is 0.636. The highest BCUT2D eigenvalue weighted by Gasteiger charge is 2.12. The Morgan fingerprint density at radius 1 is 0.826 bits per heavy atom. The van der Waals surface area contributed by atoms with Crippen LogP contribution in [0.1, 0.15) is 11.4 Å². The monoisotopic (exact) mass is 310 g/mol. The minimum absolute atomic E-state index is 0.636. The third-order valence-corrected chi connectivity index (χ3v) is 3.60. The van der Waals surface area contributed by atoms with Gasteiger partial charge < -0.3 is 14.2 Å². The molecule has 0 saturated heterocycles. The lowest BCUT2D eigenvalue weighted by atomic mass is 10.2. The molecule has 2 aromatic heterocycles. The molecular weight excluding hydrogens is 292 g/mol. The number of methoxy groups -OCH3 is 2. The summed E-state index contributed by atoms with van der Waals surface area (Å²) in [6, 6.07) is 9.38. The van der Waals surface area contributed by atoms with Gasteiger partial charge in [-0.3, -0.25) is 9.97 Å². The molecule has 0 amide bonds. The molecule has 0 saturated carbocycles. The molecule has 0 radical (unpaired) electrons. The average Bonchev–Trinajstić information content (AvgIpc) is 2.56. The molecule has 3 aromatic rings. The van der Waals surface area contributed by atoms with Crippen molar-refractivity contribution < 1.29 is 14.2 Å². The zero-order valence-electron chi connectivity index (χ0n) is 13.6. The largest absolute Gasteiger partial charge is 0.493 e. The topological polar surface area (TPSA) is 53.5 Å². The van der Waals surface area contributed by atoms with Gasteiger partial charge in [0.25, 0.3) is 0 Å². The van der Waals surface area contributed by atoms with Crippen LogP contribution in [0, 0.1) is 13.8 Å². The molecule has 5 heteroatoms. The number of aryl methyl sites for hydroxylation is 2. The fraction of sp³-hybridized carbons (Fsp3) is 0.222. The lowest BCUT2D eigenvalue weighted by Crippen LogP contribution is -1.95. The van der Waals surface area contributed by atoms with E-state index in [0.29, 0.717) is 17.2 Å². The Hall–Kier alpha value is -2.82. The van der Waals surface area contributed by atoms with E-state index < -0.39 is 0 Å². The van der Waals surface area contributed by atoms with Gasteiger partial charge in [-0.2, -0.15) is 0 Å². The predicted molar refractivity (Wildman–Crippen MR) is 88.6 cm³/mol. The maximum atomic E-state index is 6.05. The molecule has 0 bridgehead atoms. The first-order chi connectivity index (χ1) is 11.1. The summed E-state index contributed by atoms with van der Waals surface area (Å²) >= 11 is 0. The van der Waals surface area contributed by atoms with Gasteiger partial charge in [-0.05, 0) is 38.1 Å². The lowest BCUT2D eigenvalue weighted by Gasteiger charge is -2.13. The van der Waals surface area contributed by atoms with Gasteiger partial charge in [-0.25, -0.2) is 0 Å². The van der Waals surface area contributed by atoms with Crippen LogP contribution in [0.15, 0.2) is 36.5 Å². The SMILES string of the molecule is COc1cc2nccc(Oc3ccc(C)nc3C)c2cc1OC. The van der Waals surface area contributed by atoms with Crippen molar-refractivity contribution in [3.63, 3.8) is 0 Å². The first-order valence-electron chi connectivity index (χ1n) is 7.25. The fourth-order valence-electron chi connectivity index (χ4n) is 2.44. The van der Waals surface area contributed by atoms with Crippen LogP contribution >= 0.6 is 0 Å². The highest BCUT2D eigenvalue weighted by Crippen LogP contribution is 2.37. The van der Waals surface area contributed by atoms with Gasteiger partial charge in [0.1, 0.15) is 11.5 Å². The maximum absolute atomic E-state index is 6.05. The Morgan fingerprint density at radius 2 is 1.57 bits per heavy atom. The number of pyridine rings is 2. The fourth-order valence-corrected chi connectivity index (χ4v) is 2.44. The average molecular weight is 310 g/mol. The molecule has 118 valence electrons. The molecule has 1 aromatic carbocycles. The first kappa shape index (κ1) is 15.1. The van der Waals surface area contributed by atoms with E-state index in [9.17, 15) is 0 Å². The number of hydrogen-bond donors (Lipinski definition) is 0. The third-order valence-electron chi connectivity index (χ3n) is 3.60. The number of aromatic nitrogens is 2. The summed E-state index contributed by atoms with van der Waals surface area (Å²) < 4.78 is 16.7. The van der Waals surface area contributed by atoms with Gasteiger partial charge in [-0.15, -0.1) is 0 Å². The van der Waals surface area contributed by atoms with Crippen LogP contribution in [0.25, 0.3) is 10.9 Å². The van der Waals surface area contributed by atoms with Crippen LogP contribution in [-0.2, 0) is 0 Å². The number of hydrogen-bond acceptors (Lipinski definition) is 5. The van der Waals surface area contributed by atoms with Crippen LogP contribution in [0.3, 0.4) is 0 Å². The van der Waals surface area contributed by atoms with E-state index in [1.165, 1.54) is 0 Å². The quantitative estimate of drug-likeness (QED) is 0.727. The van der Waals surface area contributed by atoms with Gasteiger partial charge in [-0.1, -0.05) is 0 Å². The van der Waals surface area contributed by atoms with Crippen LogP contribution in [-0.4, -0.2) is 24.2 Å². The third kappa shape index (κ3) is 2.90. The number of benzene rings is 1. The standard InChI is InChI=1S/C18H18N2O3/c1-11-5-6-15(12(2)20-11)23-16-7-8-19-14-10-18(22-4)17(21-3)9-13(14)16/h5-10H,1-4H3. The van der Waals surface area contributed by atoms with E-state index in [1.54, 1.807) is 20.4 Å². The summed E-state index contributed by atoms with van der Waals surface area (Å²) in [5, 5.41) is 0.852. The normalized spacial score (nSPS) is 10.6. The summed E-state index contributed by atoms with van der Waals surface area (Å²) in [6.45, 7) is 3.88. The molecule has 3 rings (SSSR count). The van der Waals surface area contributed by atoms with Crippen molar-refractivity contribution in [2.75, 3.05) is 14.2 Å². The van der Waals surface area contributed by atoms with E-state index in [2.05, 4.69) is 9.97 Å². The summed E-state index contributed by atoms with van der Waals surface area (Å²) in [6.07, 6.45) is 1.71. The van der Waals surface area contributed by atoms with Crippen LogP contribution in [0.5, 0.6) is 23.0 Å². The molecule has 0 spiro atoms. The minimum Gasteiger partial charge on any atom is -0.493 e. The Bertz CT molecular complexity index is 862. The van der Waals surface area contributed by atoms with E-state index >= 15 is 0 Å². The highest BCUT2D eigenvalue weighted by atomic mass is 16.5. The van der Waals surface area contributed by atoms with Gasteiger partial charge in [0.05, 0.1) is 25.4 Å². The van der Waals surface area contributed by atoms with Crippen molar-refractivity contribution in [3.05, 3.63) is 47.9 Å². The Balaban J connectivity index is 2.10. The van der Waals surface area contributed by atoms with E-state index in [1.807, 2.05) is 44.2 Å². The van der Waals surface area contributed by atoms with Crippen molar-refractivity contribution in [1.29, 1.82) is 0 Å². The molecule has 0 N–H and O–H groups in total. The first-order valence-corrected chi connectivity index (χ1v) is 7.25. The second-order valence-corrected chi connectivity index (χ2v) is 5.17. The van der Waals surface area contributed by atoms with Crippen LogP contribution in [0.2, 0.25) is 0 Å². The number of rotatable bonds is 4. The molecule has 23 heavy (non-hydrogen) atoms. The zero-order valence-corrected chi connectivity index (χ0v) is 13.6. The van der Waals surface area contributed by atoms with Crippen molar-refractivity contribution >= 4 is 10.9 Å². The molecule has 0 atom stereocenters. The summed E-state index contributed by atoms with van der Waals surface area (Å²) in [4.78, 5) is 8.80. The van der Waals surface area contributed by atoms with Gasteiger partial charge in [0.2, 0.25) is 0 Å². The summed E-state index contributed by atoms with van der Waals surface area (Å²) in [5.41, 5.74) is 2.58. The number of fused-ring (bicyclic) bond motifs is 1. The Kier molecular flexibility index (Phi) is 4.02. The maximum Gasteiger partial charge on any atom is 0.162 e. The molecule has 5 nitrogen and oxygen atoms in total. The van der Waals surface area contributed by atoms with E-state index in [-0.39, 0.29) is 0 Å². The van der Waals surface area contributed by atoms with Crippen molar-refractivity contribution in [3.8, 4) is 23.0 Å². The van der Waals surface area contributed by atoms with Crippen molar-refractivity contribution in [2.45, 2.75) is 13.8 Å². The van der Waals surface area contributed by atoms with E-state index in [4.69, 9.17) is 14.2 Å². The Morgan fingerprint density at radius 3 is 2.26 bits per heavy atom. The Labute approximate surface area is 134 Å². The summed E-state index contributed by atoms with van der Waals surface area (Å²) in [5.74, 6) is 2.69. The van der Waals surface area contributed by atoms with Crippen LogP contribution in [0.4, 0.5) is 0 Å². The number of nitrogens with zero attached hydrogens (tertiary/aromatic N) is 2. The highest BCUT2D eigenvalue weighted by molar-refractivity contribution is 5.88. The molecule has 0 aliphatic rings. The second kappa shape index (κ2) is 6.12. The zero-order chi connectivity index (χ0) is 16.4. The van der Waals surface area contributed by atoms with Gasteiger partial charge in [0, 0.05) is 23.3 Å². The van der Waals surface area contributed by atoms with Crippen molar-refractivity contribution in [2.24, 2.45) is 0 Å². The molecular formula is C18H18N2O3. The van der Waals surface area contributed by atoms with Gasteiger partial charge >= 0.3 is 0 Å². The smallest absolute Gasteiger partial charge is 0.162 e. The lowest BCUT2D eigenvalue weighted by molar-refractivity contribution is 0.355. The predicted octanol–water partition coefficient (Wildman–Crippen LogP) is 4.06. The van der Waals surface area contributed by atoms with Crippen LogP contribution < -0.4 is 14.2 Å².